The molecule has 3 aromatic rings. The number of nitrogens with one attached hydrogen (secondary N) is 1. The molecular formula is C19H15N3O2S. The SMILES string of the molecule is Cc1nc(COc2ccc(C(=O)Nc3cccc(C#N)c3)cc2)cs1. The van der Waals surface area contributed by atoms with E-state index < -0.39 is 0 Å². The van der Waals surface area contributed by atoms with Crippen molar-refractivity contribution in [3.05, 3.63) is 75.7 Å². The number of aryl methyl sites for hydroxylation is 1. The summed E-state index contributed by atoms with van der Waals surface area (Å²) in [4.78, 5) is 16.6. The molecular weight excluding hydrogens is 334 g/mol. The largest absolute Gasteiger partial charge is 0.487 e. The Balaban J connectivity index is 1.61. The van der Waals surface area contributed by atoms with Crippen molar-refractivity contribution in [2.24, 2.45) is 0 Å². The number of benzene rings is 2. The predicted octanol–water partition coefficient (Wildman–Crippen LogP) is 4.15. The molecule has 0 radical (unpaired) electrons. The summed E-state index contributed by atoms with van der Waals surface area (Å²) in [7, 11) is 0. The summed E-state index contributed by atoms with van der Waals surface area (Å²) in [5, 5.41) is 14.6. The minimum absolute atomic E-state index is 0.239. The Bertz CT molecular complexity index is 926. The summed E-state index contributed by atoms with van der Waals surface area (Å²) in [6, 6.07) is 15.7. The molecule has 6 heteroatoms. The number of ether oxygens (including phenoxy) is 1. The number of nitrogens with zero attached hydrogens (tertiary/aromatic N) is 2. The normalized spacial score (nSPS) is 10.1. The molecule has 0 unspecified atom stereocenters. The van der Waals surface area contributed by atoms with Crippen LogP contribution in [-0.4, -0.2) is 10.9 Å². The van der Waals surface area contributed by atoms with E-state index in [-0.39, 0.29) is 5.91 Å². The maximum atomic E-state index is 12.3. The van der Waals surface area contributed by atoms with Crippen molar-refractivity contribution in [1.82, 2.24) is 4.98 Å². The Labute approximate surface area is 149 Å². The van der Waals surface area contributed by atoms with Gasteiger partial charge in [-0.15, -0.1) is 11.3 Å². The van der Waals surface area contributed by atoms with Gasteiger partial charge in [0, 0.05) is 16.6 Å². The van der Waals surface area contributed by atoms with Crippen molar-refractivity contribution in [3.63, 3.8) is 0 Å². The van der Waals surface area contributed by atoms with Crippen LogP contribution in [0.2, 0.25) is 0 Å². The lowest BCUT2D eigenvalue weighted by Gasteiger charge is -2.07. The predicted molar refractivity (Wildman–Crippen MR) is 96.7 cm³/mol. The van der Waals surface area contributed by atoms with Gasteiger partial charge in [-0.1, -0.05) is 6.07 Å². The van der Waals surface area contributed by atoms with E-state index in [1.54, 1.807) is 59.9 Å². The van der Waals surface area contributed by atoms with E-state index in [4.69, 9.17) is 10.00 Å². The van der Waals surface area contributed by atoms with Crippen LogP contribution >= 0.6 is 11.3 Å². The van der Waals surface area contributed by atoms with Gasteiger partial charge in [-0.25, -0.2) is 4.98 Å². The molecule has 1 amide bonds. The van der Waals surface area contributed by atoms with E-state index >= 15 is 0 Å². The molecule has 2 aromatic carbocycles. The molecule has 0 saturated heterocycles. The summed E-state index contributed by atoms with van der Waals surface area (Å²) < 4.78 is 5.67. The maximum absolute atomic E-state index is 12.3. The second-order valence-corrected chi connectivity index (χ2v) is 6.38. The van der Waals surface area contributed by atoms with Gasteiger partial charge in [-0.2, -0.15) is 5.26 Å². The Morgan fingerprint density at radius 3 is 2.76 bits per heavy atom. The van der Waals surface area contributed by atoms with Crippen LogP contribution in [0.4, 0.5) is 5.69 Å². The average Bonchev–Trinajstić information content (AvgIpc) is 3.06. The first-order valence-electron chi connectivity index (χ1n) is 7.59. The van der Waals surface area contributed by atoms with Crippen molar-refractivity contribution in [1.29, 1.82) is 5.26 Å². The molecule has 5 nitrogen and oxygen atoms in total. The van der Waals surface area contributed by atoms with E-state index in [1.807, 2.05) is 18.4 Å². The van der Waals surface area contributed by atoms with Crippen molar-refractivity contribution in [2.75, 3.05) is 5.32 Å². The first-order valence-corrected chi connectivity index (χ1v) is 8.47. The number of carbonyl (C=O) groups excluding carboxylic acids is 1. The highest BCUT2D eigenvalue weighted by atomic mass is 32.1. The average molecular weight is 349 g/mol. The molecule has 0 aliphatic heterocycles. The van der Waals surface area contributed by atoms with Crippen LogP contribution in [0, 0.1) is 18.3 Å². The number of aromatic nitrogens is 1. The quantitative estimate of drug-likeness (QED) is 0.751. The van der Waals surface area contributed by atoms with Crippen LogP contribution in [0.25, 0.3) is 0 Å². The third kappa shape index (κ3) is 4.43. The zero-order valence-electron chi connectivity index (χ0n) is 13.5. The van der Waals surface area contributed by atoms with Crippen LogP contribution in [0.1, 0.15) is 26.6 Å². The number of rotatable bonds is 5. The van der Waals surface area contributed by atoms with Gasteiger partial charge in [0.25, 0.3) is 5.91 Å². The first-order chi connectivity index (χ1) is 12.1. The molecule has 0 atom stereocenters. The molecule has 0 spiro atoms. The van der Waals surface area contributed by atoms with Gasteiger partial charge in [0.2, 0.25) is 0 Å². The van der Waals surface area contributed by atoms with Crippen LogP contribution in [-0.2, 0) is 6.61 Å². The lowest BCUT2D eigenvalue weighted by Crippen LogP contribution is -2.11. The van der Waals surface area contributed by atoms with Gasteiger partial charge >= 0.3 is 0 Å². The molecule has 0 saturated carbocycles. The number of nitriles is 1. The number of hydrogen-bond donors (Lipinski definition) is 1. The fourth-order valence-electron chi connectivity index (χ4n) is 2.20. The summed E-state index contributed by atoms with van der Waals surface area (Å²) in [6.07, 6.45) is 0. The number of anilines is 1. The van der Waals surface area contributed by atoms with Crippen molar-refractivity contribution in [2.45, 2.75) is 13.5 Å². The highest BCUT2D eigenvalue weighted by Gasteiger charge is 2.07. The number of carbonyl (C=O) groups is 1. The van der Waals surface area contributed by atoms with Gasteiger partial charge in [0.15, 0.2) is 0 Å². The van der Waals surface area contributed by atoms with Crippen LogP contribution in [0.3, 0.4) is 0 Å². The number of hydrogen-bond acceptors (Lipinski definition) is 5. The summed E-state index contributed by atoms with van der Waals surface area (Å²) >= 11 is 1.59. The topological polar surface area (TPSA) is 75.0 Å². The molecule has 25 heavy (non-hydrogen) atoms. The number of thiazole rings is 1. The highest BCUT2D eigenvalue weighted by molar-refractivity contribution is 7.09. The summed E-state index contributed by atoms with van der Waals surface area (Å²) in [5.74, 6) is 0.436. The van der Waals surface area contributed by atoms with Crippen LogP contribution in [0.15, 0.2) is 53.9 Å². The lowest BCUT2D eigenvalue weighted by molar-refractivity contribution is 0.102. The minimum atomic E-state index is -0.239. The Morgan fingerprint density at radius 1 is 1.28 bits per heavy atom. The first kappa shape index (κ1) is 16.7. The maximum Gasteiger partial charge on any atom is 0.255 e. The van der Waals surface area contributed by atoms with E-state index in [1.165, 1.54) is 0 Å². The fraction of sp³-hybridized carbons (Fsp3) is 0.105. The Morgan fingerprint density at radius 2 is 2.08 bits per heavy atom. The van der Waals surface area contributed by atoms with Gasteiger partial charge in [0.05, 0.1) is 22.3 Å². The van der Waals surface area contributed by atoms with Gasteiger partial charge < -0.3 is 10.1 Å². The number of amides is 1. The minimum Gasteiger partial charge on any atom is -0.487 e. The summed E-state index contributed by atoms with van der Waals surface area (Å²) in [6.45, 7) is 2.35. The molecule has 0 aliphatic carbocycles. The van der Waals surface area contributed by atoms with Gasteiger partial charge in [0.1, 0.15) is 12.4 Å². The van der Waals surface area contributed by atoms with E-state index in [9.17, 15) is 4.79 Å². The second kappa shape index (κ2) is 7.60. The molecule has 1 heterocycles. The zero-order valence-corrected chi connectivity index (χ0v) is 14.3. The molecule has 0 fully saturated rings. The third-order valence-electron chi connectivity index (χ3n) is 3.42. The van der Waals surface area contributed by atoms with Crippen LogP contribution in [0.5, 0.6) is 5.75 Å². The van der Waals surface area contributed by atoms with Gasteiger partial charge in [-0.05, 0) is 49.4 Å². The fourth-order valence-corrected chi connectivity index (χ4v) is 2.80. The van der Waals surface area contributed by atoms with Crippen molar-refractivity contribution >= 4 is 22.9 Å². The molecule has 1 N–H and O–H groups in total. The standard InChI is InChI=1S/C19H15N3O2S/c1-13-21-17(12-25-13)11-24-18-7-5-15(6-8-18)19(23)22-16-4-2-3-14(9-16)10-20/h2-9,12H,11H2,1H3,(H,22,23). The van der Waals surface area contributed by atoms with Crippen molar-refractivity contribution < 1.29 is 9.53 Å². The van der Waals surface area contributed by atoms with E-state index in [2.05, 4.69) is 10.3 Å². The zero-order chi connectivity index (χ0) is 17.6. The molecule has 124 valence electrons. The third-order valence-corrected chi connectivity index (χ3v) is 4.24. The molecule has 0 aliphatic rings. The second-order valence-electron chi connectivity index (χ2n) is 5.32. The van der Waals surface area contributed by atoms with Crippen molar-refractivity contribution in [3.8, 4) is 11.8 Å². The molecule has 0 bridgehead atoms. The Kier molecular flexibility index (Phi) is 5.07. The van der Waals surface area contributed by atoms with Gasteiger partial charge in [-0.3, -0.25) is 4.79 Å². The van der Waals surface area contributed by atoms with E-state index in [0.29, 0.717) is 29.2 Å². The monoisotopic (exact) mass is 349 g/mol. The smallest absolute Gasteiger partial charge is 0.255 e. The lowest BCUT2D eigenvalue weighted by atomic mass is 10.2. The van der Waals surface area contributed by atoms with E-state index in [0.717, 1.165) is 10.7 Å². The summed E-state index contributed by atoms with van der Waals surface area (Å²) in [5.41, 5.74) is 2.49. The molecule has 1 aromatic heterocycles. The highest BCUT2D eigenvalue weighted by Crippen LogP contribution is 2.17. The Hall–Kier alpha value is -3.17. The van der Waals surface area contributed by atoms with Crippen LogP contribution < -0.4 is 10.1 Å². The molecule has 3 rings (SSSR count).